The van der Waals surface area contributed by atoms with Crippen molar-refractivity contribution in [2.45, 2.75) is 52.6 Å². The van der Waals surface area contributed by atoms with Gasteiger partial charge in [-0.1, -0.05) is 11.6 Å². The van der Waals surface area contributed by atoms with Crippen LogP contribution in [-0.4, -0.2) is 41.5 Å². The first kappa shape index (κ1) is 19.0. The van der Waals surface area contributed by atoms with Crippen molar-refractivity contribution in [2.75, 3.05) is 14.1 Å². The smallest absolute Gasteiger partial charge is 0.306 e. The zero-order chi connectivity index (χ0) is 18.8. The minimum atomic E-state index is -0.471. The molecule has 2 aromatic rings. The highest BCUT2D eigenvalue weighted by molar-refractivity contribution is 6.01. The first-order valence-corrected chi connectivity index (χ1v) is 8.63. The number of aromatic nitrogens is 1. The lowest BCUT2D eigenvalue weighted by molar-refractivity contribution is -0.154. The number of H-pyrrole nitrogens is 1. The Balaban J connectivity index is 2.23. The highest BCUT2D eigenvalue weighted by Gasteiger charge is 2.20. The highest BCUT2D eigenvalue weighted by Crippen LogP contribution is 2.26. The molecule has 5 nitrogen and oxygen atoms in total. The van der Waals surface area contributed by atoms with Gasteiger partial charge in [-0.05, 0) is 58.2 Å². The zero-order valence-electron chi connectivity index (χ0n) is 16.0. The number of hydrogen-bond acceptors (Lipinski definition) is 3. The molecule has 0 saturated carbocycles. The van der Waals surface area contributed by atoms with Gasteiger partial charge in [0.1, 0.15) is 11.3 Å². The number of amides is 1. The second kappa shape index (κ2) is 7.30. The summed E-state index contributed by atoms with van der Waals surface area (Å²) in [4.78, 5) is 29.2. The predicted molar refractivity (Wildman–Crippen MR) is 99.8 cm³/mol. The van der Waals surface area contributed by atoms with Crippen LogP contribution in [0.15, 0.2) is 18.2 Å². The Morgan fingerprint density at radius 1 is 1.20 bits per heavy atom. The Morgan fingerprint density at radius 2 is 1.88 bits per heavy atom. The number of aromatic amines is 1. The van der Waals surface area contributed by atoms with Gasteiger partial charge in [0, 0.05) is 31.4 Å². The van der Waals surface area contributed by atoms with E-state index in [2.05, 4.69) is 11.1 Å². The molecule has 1 aromatic heterocycles. The number of fused-ring (bicyclic) bond motifs is 1. The standard InChI is InChI=1S/C20H28N2O3/c1-13-10-11-16-15(12-13)14(18(21-16)19(24)22(5)6)8-7-9-17(23)25-20(2,3)4/h10-12,21H,7-9H2,1-6H3. The third-order valence-corrected chi connectivity index (χ3v) is 3.91. The molecule has 0 spiro atoms. The lowest BCUT2D eigenvalue weighted by Crippen LogP contribution is -2.24. The summed E-state index contributed by atoms with van der Waals surface area (Å²) in [5.41, 5.74) is 3.20. The fraction of sp³-hybridized carbons (Fsp3) is 0.500. The summed E-state index contributed by atoms with van der Waals surface area (Å²) in [6.45, 7) is 7.62. The molecule has 1 heterocycles. The van der Waals surface area contributed by atoms with Gasteiger partial charge < -0.3 is 14.6 Å². The zero-order valence-corrected chi connectivity index (χ0v) is 16.0. The molecule has 0 unspecified atom stereocenters. The summed E-state index contributed by atoms with van der Waals surface area (Å²) in [6.07, 6.45) is 1.63. The summed E-state index contributed by atoms with van der Waals surface area (Å²) in [7, 11) is 3.48. The third kappa shape index (κ3) is 4.84. The summed E-state index contributed by atoms with van der Waals surface area (Å²) in [5.74, 6) is -0.259. The van der Waals surface area contributed by atoms with Crippen molar-refractivity contribution in [1.82, 2.24) is 9.88 Å². The van der Waals surface area contributed by atoms with Crippen LogP contribution in [0.1, 0.15) is 55.2 Å². The normalized spacial score (nSPS) is 11.6. The number of hydrogen-bond donors (Lipinski definition) is 1. The molecular weight excluding hydrogens is 316 g/mol. The highest BCUT2D eigenvalue weighted by atomic mass is 16.6. The van der Waals surface area contributed by atoms with Crippen molar-refractivity contribution >= 4 is 22.8 Å². The largest absolute Gasteiger partial charge is 0.460 e. The average molecular weight is 344 g/mol. The maximum Gasteiger partial charge on any atom is 0.306 e. The van der Waals surface area contributed by atoms with Gasteiger partial charge in [0.25, 0.3) is 5.91 Å². The van der Waals surface area contributed by atoms with Gasteiger partial charge in [0.05, 0.1) is 0 Å². The van der Waals surface area contributed by atoms with Crippen LogP contribution < -0.4 is 0 Å². The fourth-order valence-corrected chi connectivity index (χ4v) is 2.83. The molecule has 0 aliphatic rings. The van der Waals surface area contributed by atoms with E-state index in [1.165, 1.54) is 0 Å². The number of nitrogens with one attached hydrogen (secondary N) is 1. The van der Waals surface area contributed by atoms with E-state index in [0.717, 1.165) is 22.0 Å². The van der Waals surface area contributed by atoms with Gasteiger partial charge in [-0.3, -0.25) is 9.59 Å². The van der Waals surface area contributed by atoms with E-state index in [1.54, 1.807) is 19.0 Å². The quantitative estimate of drug-likeness (QED) is 0.838. The van der Waals surface area contributed by atoms with Gasteiger partial charge in [-0.15, -0.1) is 0 Å². The molecule has 0 saturated heterocycles. The summed E-state index contributed by atoms with van der Waals surface area (Å²) < 4.78 is 5.36. The van der Waals surface area contributed by atoms with Crippen LogP contribution in [0.2, 0.25) is 0 Å². The van der Waals surface area contributed by atoms with Crippen LogP contribution in [0, 0.1) is 6.92 Å². The van der Waals surface area contributed by atoms with E-state index >= 15 is 0 Å². The SMILES string of the molecule is Cc1ccc2[nH]c(C(=O)N(C)C)c(CCCC(=O)OC(C)(C)C)c2c1. The maximum absolute atomic E-state index is 12.5. The first-order chi connectivity index (χ1) is 11.6. The number of carbonyl (C=O) groups is 2. The molecule has 1 aromatic carbocycles. The lowest BCUT2D eigenvalue weighted by Gasteiger charge is -2.19. The Bertz CT molecular complexity index is 782. The van der Waals surface area contributed by atoms with Crippen molar-refractivity contribution in [3.05, 3.63) is 35.0 Å². The van der Waals surface area contributed by atoms with Crippen LogP contribution in [0.5, 0.6) is 0 Å². The average Bonchev–Trinajstić information content (AvgIpc) is 2.82. The Kier molecular flexibility index (Phi) is 5.55. The van der Waals surface area contributed by atoms with Gasteiger partial charge in [0.2, 0.25) is 0 Å². The summed E-state index contributed by atoms with van der Waals surface area (Å²) in [6, 6.07) is 6.10. The Labute approximate surface area is 149 Å². The fourth-order valence-electron chi connectivity index (χ4n) is 2.83. The molecule has 0 fully saturated rings. The van der Waals surface area contributed by atoms with E-state index in [0.29, 0.717) is 25.0 Å². The van der Waals surface area contributed by atoms with Crippen LogP contribution >= 0.6 is 0 Å². The van der Waals surface area contributed by atoms with Gasteiger partial charge in [-0.25, -0.2) is 0 Å². The second-order valence-corrected chi connectivity index (χ2v) is 7.67. The number of rotatable bonds is 5. The van der Waals surface area contributed by atoms with Crippen molar-refractivity contribution in [1.29, 1.82) is 0 Å². The number of esters is 1. The third-order valence-electron chi connectivity index (χ3n) is 3.91. The van der Waals surface area contributed by atoms with E-state index in [-0.39, 0.29) is 11.9 Å². The van der Waals surface area contributed by atoms with Crippen LogP contribution in [0.25, 0.3) is 10.9 Å². The summed E-state index contributed by atoms with van der Waals surface area (Å²) >= 11 is 0. The predicted octanol–water partition coefficient (Wildman–Crippen LogP) is 3.84. The molecule has 25 heavy (non-hydrogen) atoms. The summed E-state index contributed by atoms with van der Waals surface area (Å²) in [5, 5.41) is 1.05. The van der Waals surface area contributed by atoms with Gasteiger partial charge in [0.15, 0.2) is 0 Å². The van der Waals surface area contributed by atoms with E-state index in [9.17, 15) is 9.59 Å². The lowest BCUT2D eigenvalue weighted by atomic mass is 10.0. The second-order valence-electron chi connectivity index (χ2n) is 7.67. The maximum atomic E-state index is 12.5. The molecule has 0 aliphatic heterocycles. The number of benzene rings is 1. The van der Waals surface area contributed by atoms with E-state index in [4.69, 9.17) is 4.74 Å². The monoisotopic (exact) mass is 344 g/mol. The first-order valence-electron chi connectivity index (χ1n) is 8.63. The topological polar surface area (TPSA) is 62.4 Å². The van der Waals surface area contributed by atoms with Gasteiger partial charge >= 0.3 is 5.97 Å². The van der Waals surface area contributed by atoms with Crippen molar-refractivity contribution < 1.29 is 14.3 Å². The molecule has 5 heteroatoms. The van der Waals surface area contributed by atoms with Crippen molar-refractivity contribution in [3.8, 4) is 0 Å². The molecule has 0 atom stereocenters. The van der Waals surface area contributed by atoms with Crippen molar-refractivity contribution in [3.63, 3.8) is 0 Å². The molecule has 136 valence electrons. The number of ether oxygens (including phenoxy) is 1. The molecule has 0 radical (unpaired) electrons. The molecular formula is C20H28N2O3. The molecule has 1 N–H and O–H groups in total. The minimum absolute atomic E-state index is 0.0545. The van der Waals surface area contributed by atoms with Crippen LogP contribution in [0.3, 0.4) is 0 Å². The van der Waals surface area contributed by atoms with Crippen LogP contribution in [-0.2, 0) is 16.0 Å². The molecule has 2 rings (SSSR count). The number of aryl methyl sites for hydroxylation is 2. The van der Waals surface area contributed by atoms with Gasteiger partial charge in [-0.2, -0.15) is 0 Å². The van der Waals surface area contributed by atoms with E-state index < -0.39 is 5.60 Å². The van der Waals surface area contributed by atoms with Crippen LogP contribution in [0.4, 0.5) is 0 Å². The number of carbonyl (C=O) groups excluding carboxylic acids is 2. The molecule has 1 amide bonds. The minimum Gasteiger partial charge on any atom is -0.460 e. The molecule has 0 aliphatic carbocycles. The van der Waals surface area contributed by atoms with E-state index in [1.807, 2.05) is 39.8 Å². The number of nitrogens with zero attached hydrogens (tertiary/aromatic N) is 1. The Hall–Kier alpha value is -2.30. The Morgan fingerprint density at radius 3 is 2.48 bits per heavy atom. The molecule has 0 bridgehead atoms. The van der Waals surface area contributed by atoms with Crippen molar-refractivity contribution in [2.24, 2.45) is 0 Å².